The lowest BCUT2D eigenvalue weighted by Crippen LogP contribution is -2.44. The largest absolute Gasteiger partial charge is 0.458 e. The van der Waals surface area contributed by atoms with Crippen LogP contribution < -0.4 is 17.0 Å². The molecule has 0 saturated carbocycles. The van der Waals surface area contributed by atoms with Crippen LogP contribution in [0.5, 0.6) is 0 Å². The third-order valence-electron chi connectivity index (χ3n) is 6.41. The van der Waals surface area contributed by atoms with Crippen LogP contribution in [0.15, 0.2) is 35.1 Å². The Morgan fingerprint density at radius 3 is 2.84 bits per heavy atom. The molecular formula is C23H22N4O5. The molecule has 164 valence electrons. The Kier molecular flexibility index (Phi) is 4.44. The number of carbonyl (C=O) groups is 2. The summed E-state index contributed by atoms with van der Waals surface area (Å²) < 4.78 is 6.67. The number of ether oxygens (including phenoxy) is 1. The summed E-state index contributed by atoms with van der Waals surface area (Å²) in [6, 6.07) is 8.49. The average molecular weight is 434 g/mol. The molecule has 0 fully saturated rings. The predicted octanol–water partition coefficient (Wildman–Crippen LogP) is 0.955. The van der Waals surface area contributed by atoms with Crippen molar-refractivity contribution >= 4 is 22.8 Å². The first-order valence-electron chi connectivity index (χ1n) is 10.4. The number of benzene rings is 1. The average Bonchev–Trinajstić information content (AvgIpc) is 3.12. The molecule has 0 radical (unpaired) electrons. The zero-order valence-corrected chi connectivity index (χ0v) is 17.4. The van der Waals surface area contributed by atoms with Crippen LogP contribution in [0, 0.1) is 0 Å². The predicted molar refractivity (Wildman–Crippen MR) is 115 cm³/mol. The first-order valence-corrected chi connectivity index (χ1v) is 10.4. The monoisotopic (exact) mass is 434 g/mol. The van der Waals surface area contributed by atoms with Crippen molar-refractivity contribution in [3.05, 3.63) is 62.9 Å². The van der Waals surface area contributed by atoms with Crippen LogP contribution in [-0.2, 0) is 33.1 Å². The molecule has 0 aliphatic carbocycles. The Balaban J connectivity index is 1.71. The molecule has 0 spiro atoms. The second-order valence-corrected chi connectivity index (χ2v) is 8.29. The topological polar surface area (TPSA) is 151 Å². The van der Waals surface area contributed by atoms with Crippen molar-refractivity contribution in [2.24, 2.45) is 11.5 Å². The van der Waals surface area contributed by atoms with Gasteiger partial charge in [0.2, 0.25) is 5.91 Å². The fourth-order valence-corrected chi connectivity index (χ4v) is 4.68. The maximum Gasteiger partial charge on any atom is 0.343 e. The molecule has 0 saturated heterocycles. The number of rotatable bonds is 4. The van der Waals surface area contributed by atoms with Crippen molar-refractivity contribution in [1.29, 1.82) is 0 Å². The number of pyridine rings is 2. The lowest BCUT2D eigenvalue weighted by atomic mass is 9.86. The lowest BCUT2D eigenvalue weighted by Gasteiger charge is -2.31. The van der Waals surface area contributed by atoms with Crippen molar-refractivity contribution in [2.45, 2.75) is 44.6 Å². The van der Waals surface area contributed by atoms with Gasteiger partial charge < -0.3 is 25.9 Å². The smallest absolute Gasteiger partial charge is 0.343 e. The van der Waals surface area contributed by atoms with E-state index in [0.717, 1.165) is 16.5 Å². The van der Waals surface area contributed by atoms with Crippen molar-refractivity contribution < 1.29 is 19.4 Å². The number of fused-ring (bicyclic) bond motifs is 5. The number of nitrogens with two attached hydrogens (primary N) is 2. The second kappa shape index (κ2) is 6.98. The van der Waals surface area contributed by atoms with Crippen molar-refractivity contribution in [2.75, 3.05) is 0 Å². The Morgan fingerprint density at radius 2 is 2.12 bits per heavy atom. The first kappa shape index (κ1) is 20.3. The van der Waals surface area contributed by atoms with E-state index in [-0.39, 0.29) is 42.7 Å². The van der Waals surface area contributed by atoms with Crippen molar-refractivity contribution in [3.8, 4) is 11.4 Å². The van der Waals surface area contributed by atoms with Crippen molar-refractivity contribution in [1.82, 2.24) is 9.55 Å². The van der Waals surface area contributed by atoms with E-state index in [1.165, 1.54) is 0 Å². The molecule has 9 heteroatoms. The van der Waals surface area contributed by atoms with Crippen LogP contribution in [0.4, 0.5) is 0 Å². The highest BCUT2D eigenvalue weighted by Gasteiger charge is 2.45. The fourth-order valence-electron chi connectivity index (χ4n) is 4.68. The molecule has 2 aromatic heterocycles. The van der Waals surface area contributed by atoms with Crippen molar-refractivity contribution in [3.63, 3.8) is 0 Å². The number of aliphatic hydroxyl groups is 1. The molecule has 2 atom stereocenters. The third-order valence-corrected chi connectivity index (χ3v) is 6.41. The highest BCUT2D eigenvalue weighted by Crippen LogP contribution is 2.39. The van der Waals surface area contributed by atoms with Gasteiger partial charge in [-0.25, -0.2) is 9.78 Å². The molecule has 3 aromatic rings. The zero-order valence-electron chi connectivity index (χ0n) is 17.4. The van der Waals surface area contributed by atoms with Crippen LogP contribution in [0.2, 0.25) is 0 Å². The van der Waals surface area contributed by atoms with Gasteiger partial charge in [0.25, 0.3) is 5.56 Å². The second-order valence-electron chi connectivity index (χ2n) is 8.29. The number of hydrogen-bond donors (Lipinski definition) is 3. The van der Waals surface area contributed by atoms with Gasteiger partial charge in [0.1, 0.15) is 6.61 Å². The van der Waals surface area contributed by atoms with Gasteiger partial charge in [-0.2, -0.15) is 0 Å². The molecule has 1 unspecified atom stereocenters. The van der Waals surface area contributed by atoms with Crippen LogP contribution in [0.25, 0.3) is 22.3 Å². The van der Waals surface area contributed by atoms with E-state index in [2.05, 4.69) is 0 Å². The zero-order chi connectivity index (χ0) is 22.8. The molecular weight excluding hydrogens is 412 g/mol. The number of carbonyl (C=O) groups excluding carboxylic acids is 2. The number of esters is 1. The van der Waals surface area contributed by atoms with E-state index in [4.69, 9.17) is 21.2 Å². The summed E-state index contributed by atoms with van der Waals surface area (Å²) in [5, 5.41) is 11.7. The molecule has 5 rings (SSSR count). The van der Waals surface area contributed by atoms with Crippen LogP contribution in [0.3, 0.4) is 0 Å². The normalized spacial score (nSPS) is 19.8. The first-order chi connectivity index (χ1) is 15.2. The highest BCUT2D eigenvalue weighted by atomic mass is 16.6. The number of primary amides is 1. The molecule has 1 aromatic carbocycles. The Hall–Kier alpha value is -3.56. The van der Waals surface area contributed by atoms with Gasteiger partial charge in [-0.1, -0.05) is 19.1 Å². The van der Waals surface area contributed by atoms with Gasteiger partial charge in [-0.3, -0.25) is 9.59 Å². The van der Waals surface area contributed by atoms with E-state index in [1.54, 1.807) is 23.6 Å². The number of aromatic nitrogens is 2. The number of nitrogens with zero attached hydrogens (tertiary/aromatic N) is 2. The summed E-state index contributed by atoms with van der Waals surface area (Å²) >= 11 is 0. The number of hydrogen-bond acceptors (Lipinski definition) is 7. The Labute approximate surface area is 182 Å². The SMILES string of the molecule is CC[C@@]1(O)C(=O)OCc2c1cc1n(c2=O)Cc2cc3c(C(N)CC(N)=O)cccc3nc2-1. The standard InChI is InChI=1S/C23H22N4O5/c1-2-23(31)15-7-18-20-11(9-27(18)21(29)14(15)10-32-22(23)30)6-13-12(16(24)8-19(25)28)4-3-5-17(13)26-20/h3-7,16,31H,2,8-10,24H2,1H3,(H2,25,28)/t16?,23-/m0/s1. The van der Waals surface area contributed by atoms with Gasteiger partial charge in [0.15, 0.2) is 5.60 Å². The Bertz CT molecular complexity index is 1380. The van der Waals surface area contributed by atoms with Crippen LogP contribution in [-0.4, -0.2) is 26.5 Å². The summed E-state index contributed by atoms with van der Waals surface area (Å²) in [4.78, 5) is 41.6. The van der Waals surface area contributed by atoms with E-state index in [9.17, 15) is 19.5 Å². The van der Waals surface area contributed by atoms with Gasteiger partial charge in [-0.15, -0.1) is 0 Å². The minimum atomic E-state index is -1.86. The van der Waals surface area contributed by atoms with Gasteiger partial charge in [0.05, 0.1) is 29.0 Å². The summed E-state index contributed by atoms with van der Waals surface area (Å²) in [5.74, 6) is -1.25. The van der Waals surface area contributed by atoms with Gasteiger partial charge >= 0.3 is 5.97 Å². The van der Waals surface area contributed by atoms with Gasteiger partial charge in [-0.05, 0) is 30.2 Å². The molecule has 2 aliphatic heterocycles. The summed E-state index contributed by atoms with van der Waals surface area (Å²) in [5.41, 5.74) is 13.3. The summed E-state index contributed by atoms with van der Waals surface area (Å²) in [6.07, 6.45) is 0.0904. The van der Waals surface area contributed by atoms with E-state index in [1.807, 2.05) is 18.2 Å². The summed E-state index contributed by atoms with van der Waals surface area (Å²) in [7, 11) is 0. The lowest BCUT2D eigenvalue weighted by molar-refractivity contribution is -0.172. The third kappa shape index (κ3) is 2.78. The molecule has 9 nitrogen and oxygen atoms in total. The maximum atomic E-state index is 13.2. The highest BCUT2D eigenvalue weighted by molar-refractivity contribution is 5.88. The molecule has 1 amide bonds. The molecule has 5 N–H and O–H groups in total. The van der Waals surface area contributed by atoms with E-state index >= 15 is 0 Å². The Morgan fingerprint density at radius 1 is 1.34 bits per heavy atom. The minimum Gasteiger partial charge on any atom is -0.458 e. The molecule has 4 heterocycles. The van der Waals surface area contributed by atoms with Gasteiger partial charge in [0, 0.05) is 29.0 Å². The molecule has 32 heavy (non-hydrogen) atoms. The van der Waals surface area contributed by atoms with Crippen LogP contribution in [0.1, 0.15) is 48.1 Å². The quantitative estimate of drug-likeness (QED) is 0.405. The molecule has 2 aliphatic rings. The fraction of sp³-hybridized carbons (Fsp3) is 0.304. The minimum absolute atomic E-state index is 0.00618. The van der Waals surface area contributed by atoms with E-state index < -0.39 is 23.5 Å². The number of cyclic esters (lactones) is 1. The number of amides is 1. The molecule has 0 bridgehead atoms. The summed E-state index contributed by atoms with van der Waals surface area (Å²) in [6.45, 7) is 1.78. The van der Waals surface area contributed by atoms with Crippen LogP contribution >= 0.6 is 0 Å². The maximum absolute atomic E-state index is 13.2. The van der Waals surface area contributed by atoms with E-state index in [0.29, 0.717) is 16.9 Å².